The van der Waals surface area contributed by atoms with Crippen LogP contribution in [0.25, 0.3) is 11.0 Å². The second-order valence-electron chi connectivity index (χ2n) is 5.81. The van der Waals surface area contributed by atoms with Gasteiger partial charge in [0.25, 0.3) is 5.91 Å². The number of fused-ring (bicyclic) bond motifs is 1. The Hall–Kier alpha value is -2.04. The summed E-state index contributed by atoms with van der Waals surface area (Å²) in [6, 6.07) is 5.53. The van der Waals surface area contributed by atoms with Crippen molar-refractivity contribution in [2.24, 2.45) is 14.1 Å². The van der Waals surface area contributed by atoms with Crippen molar-refractivity contribution in [3.05, 3.63) is 34.2 Å². The average Bonchev–Trinajstić information content (AvgIpc) is 2.74. The number of nitrogens with zero attached hydrogens (tertiary/aromatic N) is 3. The van der Waals surface area contributed by atoms with Gasteiger partial charge in [0.1, 0.15) is 0 Å². The molecule has 1 aliphatic rings. The molecular formula is C16H21N3O2. The van der Waals surface area contributed by atoms with Crippen LogP contribution in [-0.4, -0.2) is 33.0 Å². The van der Waals surface area contributed by atoms with Crippen molar-refractivity contribution in [3.8, 4) is 0 Å². The summed E-state index contributed by atoms with van der Waals surface area (Å²) in [7, 11) is 3.49. The van der Waals surface area contributed by atoms with E-state index in [1.54, 1.807) is 23.2 Å². The molecule has 2 heterocycles. The van der Waals surface area contributed by atoms with E-state index in [9.17, 15) is 9.59 Å². The molecular weight excluding hydrogens is 266 g/mol. The van der Waals surface area contributed by atoms with Gasteiger partial charge in [-0.25, -0.2) is 4.79 Å². The number of hydrogen-bond donors (Lipinski definition) is 0. The summed E-state index contributed by atoms with van der Waals surface area (Å²) in [5, 5.41) is 0. The molecule has 0 spiro atoms. The Balaban J connectivity index is 1.98. The summed E-state index contributed by atoms with van der Waals surface area (Å²) in [5.74, 6) is 0.0788. The Kier molecular flexibility index (Phi) is 3.57. The first kappa shape index (κ1) is 13.9. The zero-order chi connectivity index (χ0) is 15.0. The van der Waals surface area contributed by atoms with Crippen LogP contribution in [0.2, 0.25) is 0 Å². The average molecular weight is 287 g/mol. The number of aryl methyl sites for hydroxylation is 2. The topological polar surface area (TPSA) is 47.2 Å². The Labute approximate surface area is 123 Å². The molecule has 1 aromatic heterocycles. The van der Waals surface area contributed by atoms with Gasteiger partial charge >= 0.3 is 5.69 Å². The predicted octanol–water partition coefficient (Wildman–Crippen LogP) is 1.89. The molecule has 0 saturated carbocycles. The van der Waals surface area contributed by atoms with Crippen LogP contribution < -0.4 is 5.69 Å². The van der Waals surface area contributed by atoms with E-state index >= 15 is 0 Å². The first-order valence-corrected chi connectivity index (χ1v) is 7.54. The van der Waals surface area contributed by atoms with E-state index in [0.717, 1.165) is 37.0 Å². The highest BCUT2D eigenvalue weighted by atomic mass is 16.2. The Morgan fingerprint density at radius 3 is 2.24 bits per heavy atom. The Morgan fingerprint density at radius 1 is 0.952 bits per heavy atom. The molecule has 1 fully saturated rings. The van der Waals surface area contributed by atoms with Crippen LogP contribution in [0, 0.1) is 0 Å². The zero-order valence-electron chi connectivity index (χ0n) is 12.6. The van der Waals surface area contributed by atoms with Crippen LogP contribution in [0.4, 0.5) is 0 Å². The maximum atomic E-state index is 12.6. The maximum absolute atomic E-state index is 12.6. The lowest BCUT2D eigenvalue weighted by atomic mass is 10.1. The molecule has 0 aliphatic carbocycles. The minimum atomic E-state index is -0.0654. The zero-order valence-corrected chi connectivity index (χ0v) is 12.6. The number of imidazole rings is 1. The normalized spacial score (nSPS) is 16.2. The lowest BCUT2D eigenvalue weighted by Crippen LogP contribution is -2.31. The number of benzene rings is 1. The number of carbonyl (C=O) groups excluding carboxylic acids is 1. The summed E-state index contributed by atoms with van der Waals surface area (Å²) in [5.41, 5.74) is 2.27. The van der Waals surface area contributed by atoms with Crippen LogP contribution in [-0.2, 0) is 14.1 Å². The maximum Gasteiger partial charge on any atom is 0.328 e. The van der Waals surface area contributed by atoms with E-state index in [0.29, 0.717) is 5.56 Å². The van der Waals surface area contributed by atoms with Gasteiger partial charge in [0.05, 0.1) is 11.0 Å². The monoisotopic (exact) mass is 287 g/mol. The van der Waals surface area contributed by atoms with Gasteiger partial charge in [-0.3, -0.25) is 13.9 Å². The molecule has 0 bridgehead atoms. The molecule has 2 aromatic rings. The van der Waals surface area contributed by atoms with Crippen molar-refractivity contribution >= 4 is 16.9 Å². The molecule has 0 N–H and O–H groups in total. The molecule has 0 radical (unpaired) electrons. The molecule has 1 aromatic carbocycles. The Morgan fingerprint density at radius 2 is 1.57 bits per heavy atom. The second kappa shape index (κ2) is 5.39. The lowest BCUT2D eigenvalue weighted by Gasteiger charge is -2.20. The fourth-order valence-corrected chi connectivity index (χ4v) is 3.10. The number of likely N-dealkylation sites (tertiary alicyclic amines) is 1. The third kappa shape index (κ3) is 2.37. The fourth-order valence-electron chi connectivity index (χ4n) is 3.10. The van der Waals surface area contributed by atoms with Gasteiger partial charge in [-0.1, -0.05) is 12.8 Å². The summed E-state index contributed by atoms with van der Waals surface area (Å²) < 4.78 is 3.20. The second-order valence-corrected chi connectivity index (χ2v) is 5.81. The summed E-state index contributed by atoms with van der Waals surface area (Å²) in [4.78, 5) is 26.5. The number of rotatable bonds is 1. The summed E-state index contributed by atoms with van der Waals surface area (Å²) >= 11 is 0. The van der Waals surface area contributed by atoms with Crippen LogP contribution in [0.1, 0.15) is 36.0 Å². The van der Waals surface area contributed by atoms with Crippen LogP contribution >= 0.6 is 0 Å². The van der Waals surface area contributed by atoms with Gasteiger partial charge in [0.15, 0.2) is 0 Å². The van der Waals surface area contributed by atoms with Crippen molar-refractivity contribution < 1.29 is 4.79 Å². The summed E-state index contributed by atoms with van der Waals surface area (Å²) in [6.45, 7) is 1.68. The van der Waals surface area contributed by atoms with E-state index in [1.165, 1.54) is 12.8 Å². The molecule has 1 amide bonds. The van der Waals surface area contributed by atoms with Crippen molar-refractivity contribution in [2.75, 3.05) is 13.1 Å². The van der Waals surface area contributed by atoms with Gasteiger partial charge in [-0.15, -0.1) is 0 Å². The van der Waals surface area contributed by atoms with Crippen molar-refractivity contribution in [1.82, 2.24) is 14.0 Å². The van der Waals surface area contributed by atoms with Crippen molar-refractivity contribution in [3.63, 3.8) is 0 Å². The van der Waals surface area contributed by atoms with Gasteiger partial charge in [-0.2, -0.15) is 0 Å². The van der Waals surface area contributed by atoms with Crippen LogP contribution in [0.15, 0.2) is 23.0 Å². The fraction of sp³-hybridized carbons (Fsp3) is 0.500. The van der Waals surface area contributed by atoms with Gasteiger partial charge < -0.3 is 4.90 Å². The standard InChI is InChI=1S/C16H21N3O2/c1-17-13-8-7-12(11-14(13)18(2)16(17)21)15(20)19-9-5-3-4-6-10-19/h7-8,11H,3-6,9-10H2,1-2H3. The highest BCUT2D eigenvalue weighted by molar-refractivity contribution is 5.97. The molecule has 3 rings (SSSR count). The molecule has 5 nitrogen and oxygen atoms in total. The number of amides is 1. The number of aromatic nitrogens is 2. The van der Waals surface area contributed by atoms with E-state index in [-0.39, 0.29) is 11.6 Å². The molecule has 0 atom stereocenters. The van der Waals surface area contributed by atoms with E-state index in [1.807, 2.05) is 23.1 Å². The third-order valence-electron chi connectivity index (χ3n) is 4.41. The minimum Gasteiger partial charge on any atom is -0.339 e. The molecule has 1 saturated heterocycles. The molecule has 1 aliphatic heterocycles. The van der Waals surface area contributed by atoms with Gasteiger partial charge in [-0.05, 0) is 31.0 Å². The van der Waals surface area contributed by atoms with E-state index in [4.69, 9.17) is 0 Å². The summed E-state index contributed by atoms with van der Waals surface area (Å²) in [6.07, 6.45) is 4.57. The number of carbonyl (C=O) groups is 1. The van der Waals surface area contributed by atoms with Crippen LogP contribution in [0.3, 0.4) is 0 Å². The van der Waals surface area contributed by atoms with Crippen molar-refractivity contribution in [1.29, 1.82) is 0 Å². The molecule has 21 heavy (non-hydrogen) atoms. The van der Waals surface area contributed by atoms with Crippen LogP contribution in [0.5, 0.6) is 0 Å². The molecule has 0 unspecified atom stereocenters. The minimum absolute atomic E-state index is 0.0654. The molecule has 112 valence electrons. The third-order valence-corrected chi connectivity index (χ3v) is 4.41. The predicted molar refractivity (Wildman–Crippen MR) is 82.5 cm³/mol. The van der Waals surface area contributed by atoms with Gasteiger partial charge in [0, 0.05) is 32.7 Å². The Bertz CT molecular complexity index is 734. The first-order chi connectivity index (χ1) is 10.1. The highest BCUT2D eigenvalue weighted by Gasteiger charge is 2.18. The van der Waals surface area contributed by atoms with E-state index < -0.39 is 0 Å². The molecule has 5 heteroatoms. The SMILES string of the molecule is Cn1c(=O)n(C)c2cc(C(=O)N3CCCCCC3)ccc21. The van der Waals surface area contributed by atoms with E-state index in [2.05, 4.69) is 0 Å². The highest BCUT2D eigenvalue weighted by Crippen LogP contribution is 2.17. The quantitative estimate of drug-likeness (QED) is 0.804. The smallest absolute Gasteiger partial charge is 0.328 e. The lowest BCUT2D eigenvalue weighted by molar-refractivity contribution is 0.0762. The van der Waals surface area contributed by atoms with Gasteiger partial charge in [0.2, 0.25) is 0 Å². The van der Waals surface area contributed by atoms with Crippen molar-refractivity contribution in [2.45, 2.75) is 25.7 Å². The largest absolute Gasteiger partial charge is 0.339 e. The first-order valence-electron chi connectivity index (χ1n) is 7.54. The number of hydrogen-bond acceptors (Lipinski definition) is 2.